The number of hydrogen-bond acceptors (Lipinski definition) is 6. The smallest absolute Gasteiger partial charge is 0.325 e. The average molecular weight is 494 g/mol. The highest BCUT2D eigenvalue weighted by atomic mass is 32.1. The molecule has 1 fully saturated rings. The third-order valence-electron chi connectivity index (χ3n) is 6.73. The number of rotatable bonds is 7. The maximum atomic E-state index is 13.4. The first-order valence-electron chi connectivity index (χ1n) is 11.5. The number of amides is 3. The van der Waals surface area contributed by atoms with Crippen molar-refractivity contribution in [2.75, 3.05) is 19.8 Å². The van der Waals surface area contributed by atoms with Crippen LogP contribution in [-0.2, 0) is 23.3 Å². The molecule has 1 saturated heterocycles. The minimum atomic E-state index is -1.30. The van der Waals surface area contributed by atoms with E-state index in [2.05, 4.69) is 21.3 Å². The van der Waals surface area contributed by atoms with Gasteiger partial charge in [0.2, 0.25) is 0 Å². The van der Waals surface area contributed by atoms with Crippen LogP contribution < -0.4 is 14.8 Å². The highest BCUT2D eigenvalue weighted by Crippen LogP contribution is 2.37. The van der Waals surface area contributed by atoms with Gasteiger partial charge in [-0.2, -0.15) is 0 Å². The molecule has 0 bridgehead atoms. The first kappa shape index (κ1) is 23.2. The molecular weight excluding hydrogens is 466 g/mol. The zero-order chi connectivity index (χ0) is 24.7. The number of carbonyl (C=O) groups excluding carboxylic acids is 3. The van der Waals surface area contributed by atoms with Gasteiger partial charge in [0, 0.05) is 28.4 Å². The second-order valence-electron chi connectivity index (χ2n) is 8.99. The SMILES string of the molecule is Cc1cc(C(=O)CN2C(=O)N[C@@](C)(c3ccc4c(c3)OCCO4)C2=O)c(C)n1CCc1cccs1. The summed E-state index contributed by atoms with van der Waals surface area (Å²) < 4.78 is 13.3. The van der Waals surface area contributed by atoms with Crippen molar-refractivity contribution in [3.8, 4) is 11.5 Å². The zero-order valence-corrected chi connectivity index (χ0v) is 20.7. The van der Waals surface area contributed by atoms with Crippen LogP contribution in [0.15, 0.2) is 41.8 Å². The molecule has 8 nitrogen and oxygen atoms in total. The number of carbonyl (C=O) groups is 3. The first-order valence-corrected chi connectivity index (χ1v) is 12.4. The Hall–Kier alpha value is -3.59. The van der Waals surface area contributed by atoms with Crippen molar-refractivity contribution in [3.63, 3.8) is 0 Å². The summed E-state index contributed by atoms with van der Waals surface area (Å²) in [6.07, 6.45) is 0.878. The lowest BCUT2D eigenvalue weighted by Crippen LogP contribution is -2.41. The van der Waals surface area contributed by atoms with E-state index in [0.29, 0.717) is 35.8 Å². The highest BCUT2D eigenvalue weighted by molar-refractivity contribution is 7.09. The molecule has 0 aliphatic carbocycles. The molecule has 1 atom stereocenters. The van der Waals surface area contributed by atoms with Gasteiger partial charge in [-0.15, -0.1) is 11.3 Å². The molecule has 4 heterocycles. The molecule has 2 aliphatic rings. The summed E-state index contributed by atoms with van der Waals surface area (Å²) in [7, 11) is 0. The Kier molecular flexibility index (Phi) is 5.88. The van der Waals surface area contributed by atoms with Crippen molar-refractivity contribution in [1.82, 2.24) is 14.8 Å². The van der Waals surface area contributed by atoms with Gasteiger partial charge >= 0.3 is 6.03 Å². The molecule has 2 aromatic heterocycles. The first-order chi connectivity index (χ1) is 16.8. The molecule has 3 amide bonds. The standard InChI is InChI=1S/C26H27N3O5S/c1-16-13-20(17(2)28(16)9-8-19-5-4-12-35-19)21(30)15-29-24(31)26(3,27-25(29)32)18-6-7-22-23(14-18)34-11-10-33-22/h4-7,12-14H,8-11,15H2,1-3H3,(H,27,32)/t26-/m0/s1. The van der Waals surface area contributed by atoms with Crippen LogP contribution >= 0.6 is 11.3 Å². The topological polar surface area (TPSA) is 89.9 Å². The average Bonchev–Trinajstić information content (AvgIpc) is 3.52. The largest absolute Gasteiger partial charge is 0.486 e. The normalized spacial score (nSPS) is 19.2. The predicted molar refractivity (Wildman–Crippen MR) is 131 cm³/mol. The molecule has 3 aromatic rings. The highest BCUT2D eigenvalue weighted by Gasteiger charge is 2.50. The van der Waals surface area contributed by atoms with Crippen LogP contribution in [0.25, 0.3) is 0 Å². The number of fused-ring (bicyclic) bond motifs is 1. The Morgan fingerprint density at radius 3 is 2.63 bits per heavy atom. The number of aromatic nitrogens is 1. The van der Waals surface area contributed by atoms with Gasteiger partial charge in [0.1, 0.15) is 18.8 Å². The third kappa shape index (κ3) is 4.10. The van der Waals surface area contributed by atoms with Crippen molar-refractivity contribution in [2.24, 2.45) is 0 Å². The monoisotopic (exact) mass is 493 g/mol. The lowest BCUT2D eigenvalue weighted by atomic mass is 9.91. The predicted octanol–water partition coefficient (Wildman–Crippen LogP) is 3.83. The van der Waals surface area contributed by atoms with E-state index in [1.807, 2.05) is 26.0 Å². The van der Waals surface area contributed by atoms with Gasteiger partial charge in [0.05, 0.1) is 6.54 Å². The summed E-state index contributed by atoms with van der Waals surface area (Å²) in [4.78, 5) is 41.7. The Labute approximate surface area is 207 Å². The van der Waals surface area contributed by atoms with E-state index < -0.39 is 17.5 Å². The Balaban J connectivity index is 1.33. The summed E-state index contributed by atoms with van der Waals surface area (Å²) in [5.41, 5.74) is 1.61. The number of ether oxygens (including phenoxy) is 2. The van der Waals surface area contributed by atoms with Crippen LogP contribution in [0.3, 0.4) is 0 Å². The molecule has 9 heteroatoms. The lowest BCUT2D eigenvalue weighted by molar-refractivity contribution is -0.130. The fourth-order valence-corrected chi connectivity index (χ4v) is 5.42. The number of urea groups is 1. The molecule has 182 valence electrons. The summed E-state index contributed by atoms with van der Waals surface area (Å²) in [5.74, 6) is 0.387. The number of imide groups is 1. The molecule has 0 saturated carbocycles. The minimum absolute atomic E-state index is 0.268. The van der Waals surface area contributed by atoms with E-state index in [1.54, 1.807) is 36.5 Å². The number of hydrogen-bond donors (Lipinski definition) is 1. The third-order valence-corrected chi connectivity index (χ3v) is 7.67. The van der Waals surface area contributed by atoms with Gasteiger partial charge in [0.15, 0.2) is 17.3 Å². The molecule has 0 spiro atoms. The number of benzene rings is 1. The number of ketones is 1. The molecule has 0 radical (unpaired) electrons. The van der Waals surface area contributed by atoms with E-state index in [1.165, 1.54) is 4.88 Å². The summed E-state index contributed by atoms with van der Waals surface area (Å²) in [5, 5.41) is 4.81. The molecule has 1 N–H and O–H groups in total. The van der Waals surface area contributed by atoms with Crippen molar-refractivity contribution in [1.29, 1.82) is 0 Å². The zero-order valence-electron chi connectivity index (χ0n) is 19.9. The van der Waals surface area contributed by atoms with E-state index in [-0.39, 0.29) is 12.3 Å². The second-order valence-corrected chi connectivity index (χ2v) is 10.0. The van der Waals surface area contributed by atoms with Gasteiger partial charge in [-0.05, 0) is 62.4 Å². The van der Waals surface area contributed by atoms with Crippen LogP contribution in [0.4, 0.5) is 4.79 Å². The number of nitrogens with one attached hydrogen (secondary N) is 1. The van der Waals surface area contributed by atoms with Crippen LogP contribution in [0.1, 0.15) is 39.1 Å². The van der Waals surface area contributed by atoms with Crippen molar-refractivity contribution < 1.29 is 23.9 Å². The van der Waals surface area contributed by atoms with E-state index in [9.17, 15) is 14.4 Å². The number of thiophene rings is 1. The molecular formula is C26H27N3O5S. The number of nitrogens with zero attached hydrogens (tertiary/aromatic N) is 2. The Morgan fingerprint density at radius 1 is 1.11 bits per heavy atom. The molecule has 35 heavy (non-hydrogen) atoms. The molecule has 1 aromatic carbocycles. The van der Waals surface area contributed by atoms with Gasteiger partial charge in [0.25, 0.3) is 5.91 Å². The minimum Gasteiger partial charge on any atom is -0.486 e. The van der Waals surface area contributed by atoms with Gasteiger partial charge in [-0.1, -0.05) is 12.1 Å². The van der Waals surface area contributed by atoms with Crippen LogP contribution in [0.2, 0.25) is 0 Å². The lowest BCUT2D eigenvalue weighted by Gasteiger charge is -2.25. The molecule has 2 aliphatic heterocycles. The van der Waals surface area contributed by atoms with Crippen LogP contribution in [-0.4, -0.2) is 46.9 Å². The fourth-order valence-electron chi connectivity index (χ4n) is 4.72. The van der Waals surface area contributed by atoms with E-state index in [0.717, 1.165) is 29.3 Å². The summed E-state index contributed by atoms with van der Waals surface area (Å²) >= 11 is 1.71. The molecule has 5 rings (SSSR count). The van der Waals surface area contributed by atoms with E-state index in [4.69, 9.17) is 9.47 Å². The summed E-state index contributed by atoms with van der Waals surface area (Å²) in [6, 6.07) is 10.5. The van der Waals surface area contributed by atoms with Gasteiger partial charge in [-0.25, -0.2) is 4.79 Å². The second kappa shape index (κ2) is 8.88. The van der Waals surface area contributed by atoms with Crippen molar-refractivity contribution in [2.45, 2.75) is 39.3 Å². The molecule has 0 unspecified atom stereocenters. The van der Waals surface area contributed by atoms with E-state index >= 15 is 0 Å². The Morgan fingerprint density at radius 2 is 1.89 bits per heavy atom. The van der Waals surface area contributed by atoms with Gasteiger partial charge in [-0.3, -0.25) is 14.5 Å². The Bertz CT molecular complexity index is 1310. The van der Waals surface area contributed by atoms with Crippen molar-refractivity contribution >= 4 is 29.1 Å². The van der Waals surface area contributed by atoms with Crippen LogP contribution in [0.5, 0.6) is 11.5 Å². The van der Waals surface area contributed by atoms with Crippen molar-refractivity contribution in [3.05, 3.63) is 69.2 Å². The van der Waals surface area contributed by atoms with Gasteiger partial charge < -0.3 is 19.4 Å². The maximum absolute atomic E-state index is 13.4. The summed E-state index contributed by atoms with van der Waals surface area (Å²) in [6.45, 7) is 6.82. The maximum Gasteiger partial charge on any atom is 0.325 e. The quantitative estimate of drug-likeness (QED) is 0.399. The number of aryl methyl sites for hydroxylation is 2. The number of Topliss-reactive ketones (excluding diaryl/α,β-unsaturated/α-hetero) is 1. The fraction of sp³-hybridized carbons (Fsp3) is 0.346. The van der Waals surface area contributed by atoms with Crippen LogP contribution in [0, 0.1) is 13.8 Å².